The number of carbonyl (C=O) groups is 1. The van der Waals surface area contributed by atoms with Crippen LogP contribution in [0, 0.1) is 0 Å². The van der Waals surface area contributed by atoms with Crippen molar-refractivity contribution in [2.75, 3.05) is 0 Å². The number of nitrogens with one attached hydrogen (secondary N) is 2. The first kappa shape index (κ1) is 12.5. The van der Waals surface area contributed by atoms with E-state index < -0.39 is 6.04 Å². The van der Waals surface area contributed by atoms with Crippen molar-refractivity contribution in [1.82, 2.24) is 10.3 Å². The summed E-state index contributed by atoms with van der Waals surface area (Å²) in [7, 11) is 0. The zero-order chi connectivity index (χ0) is 13.0. The number of aromatic nitrogens is 1. The molecule has 1 aromatic heterocycles. The van der Waals surface area contributed by atoms with Crippen LogP contribution in [0.4, 0.5) is 0 Å². The Bertz CT molecular complexity index is 576. The second kappa shape index (κ2) is 5.61. The summed E-state index contributed by atoms with van der Waals surface area (Å²) in [6.45, 7) is 0.276. The van der Waals surface area contributed by atoms with E-state index in [-0.39, 0.29) is 17.3 Å². The van der Waals surface area contributed by atoms with Gasteiger partial charge in [0, 0.05) is 11.1 Å². The topological polar surface area (TPSA) is 88.0 Å². The summed E-state index contributed by atoms with van der Waals surface area (Å²) in [6, 6.07) is 8.44. The van der Waals surface area contributed by atoms with Gasteiger partial charge in [-0.05, 0) is 5.56 Å². The predicted molar refractivity (Wildman–Crippen MR) is 70.2 cm³/mol. The van der Waals surface area contributed by atoms with Crippen LogP contribution in [0.3, 0.4) is 0 Å². The molecule has 0 aliphatic carbocycles. The Kier molecular flexibility index (Phi) is 3.91. The number of amides is 1. The lowest BCUT2D eigenvalue weighted by atomic mass is 10.1. The zero-order valence-electron chi connectivity index (χ0n) is 9.55. The number of benzene rings is 1. The van der Waals surface area contributed by atoms with Gasteiger partial charge in [0.1, 0.15) is 6.04 Å². The summed E-state index contributed by atoms with van der Waals surface area (Å²) < 4.78 is 0. The van der Waals surface area contributed by atoms with E-state index in [4.69, 9.17) is 5.73 Å². The van der Waals surface area contributed by atoms with Gasteiger partial charge in [0.25, 0.3) is 0 Å². The van der Waals surface area contributed by atoms with E-state index in [9.17, 15) is 9.59 Å². The maximum absolute atomic E-state index is 11.8. The summed E-state index contributed by atoms with van der Waals surface area (Å²) in [6.07, 6.45) is 0. The quantitative estimate of drug-likeness (QED) is 0.760. The SMILES string of the molecule is N[C@H](C(=O)NCc1csc(=O)[nH]1)c1ccccc1. The zero-order valence-corrected chi connectivity index (χ0v) is 10.4. The number of hydrogen-bond acceptors (Lipinski definition) is 4. The lowest BCUT2D eigenvalue weighted by Crippen LogP contribution is -2.33. The molecule has 1 heterocycles. The molecule has 94 valence electrons. The minimum atomic E-state index is -0.698. The Hall–Kier alpha value is -1.92. The molecule has 2 rings (SSSR count). The first-order valence-corrected chi connectivity index (χ1v) is 6.29. The summed E-state index contributed by atoms with van der Waals surface area (Å²) in [5.74, 6) is -0.270. The van der Waals surface area contributed by atoms with E-state index in [0.717, 1.165) is 16.9 Å². The van der Waals surface area contributed by atoms with E-state index in [1.54, 1.807) is 17.5 Å². The molecule has 0 aliphatic heterocycles. The first-order chi connectivity index (χ1) is 8.66. The van der Waals surface area contributed by atoms with Crippen LogP contribution in [0.5, 0.6) is 0 Å². The lowest BCUT2D eigenvalue weighted by molar-refractivity contribution is -0.122. The maximum atomic E-state index is 11.8. The molecule has 2 aromatic rings. The highest BCUT2D eigenvalue weighted by Gasteiger charge is 2.14. The van der Waals surface area contributed by atoms with Gasteiger partial charge in [0.05, 0.1) is 6.54 Å². The Morgan fingerprint density at radius 3 is 2.72 bits per heavy atom. The van der Waals surface area contributed by atoms with Gasteiger partial charge in [-0.25, -0.2) is 0 Å². The van der Waals surface area contributed by atoms with Gasteiger partial charge in [-0.1, -0.05) is 41.7 Å². The Morgan fingerprint density at radius 2 is 2.11 bits per heavy atom. The molecule has 1 amide bonds. The monoisotopic (exact) mass is 263 g/mol. The van der Waals surface area contributed by atoms with Crippen molar-refractivity contribution in [2.24, 2.45) is 5.73 Å². The summed E-state index contributed by atoms with van der Waals surface area (Å²) in [4.78, 5) is 25.2. The van der Waals surface area contributed by atoms with Gasteiger partial charge < -0.3 is 16.0 Å². The van der Waals surface area contributed by atoms with E-state index in [1.807, 2.05) is 18.2 Å². The number of thiazole rings is 1. The van der Waals surface area contributed by atoms with Crippen LogP contribution in [-0.4, -0.2) is 10.9 Å². The average Bonchev–Trinajstić information content (AvgIpc) is 2.82. The fourth-order valence-electron chi connectivity index (χ4n) is 1.50. The summed E-state index contributed by atoms with van der Waals surface area (Å²) in [5, 5.41) is 4.36. The molecule has 1 atom stereocenters. The van der Waals surface area contributed by atoms with Gasteiger partial charge in [0.2, 0.25) is 5.91 Å². The fourth-order valence-corrected chi connectivity index (χ4v) is 2.09. The van der Waals surface area contributed by atoms with Gasteiger partial charge in [-0.15, -0.1) is 0 Å². The predicted octanol–water partition coefficient (Wildman–Crippen LogP) is 0.753. The third-order valence-electron chi connectivity index (χ3n) is 2.47. The lowest BCUT2D eigenvalue weighted by Gasteiger charge is -2.11. The van der Waals surface area contributed by atoms with E-state index in [2.05, 4.69) is 10.3 Å². The highest BCUT2D eigenvalue weighted by atomic mass is 32.1. The van der Waals surface area contributed by atoms with Gasteiger partial charge in [-0.3, -0.25) is 9.59 Å². The molecule has 0 radical (unpaired) electrons. The van der Waals surface area contributed by atoms with E-state index >= 15 is 0 Å². The average molecular weight is 263 g/mol. The third kappa shape index (κ3) is 3.06. The molecule has 0 unspecified atom stereocenters. The first-order valence-electron chi connectivity index (χ1n) is 5.42. The molecule has 4 N–H and O–H groups in total. The van der Waals surface area contributed by atoms with Crippen molar-refractivity contribution in [3.63, 3.8) is 0 Å². The second-order valence-electron chi connectivity index (χ2n) is 3.78. The Balaban J connectivity index is 1.94. The number of rotatable bonds is 4. The van der Waals surface area contributed by atoms with Crippen LogP contribution < -0.4 is 15.9 Å². The van der Waals surface area contributed by atoms with E-state index in [0.29, 0.717) is 5.69 Å². The molecule has 6 heteroatoms. The molecule has 1 aromatic carbocycles. The van der Waals surface area contributed by atoms with Crippen LogP contribution in [0.25, 0.3) is 0 Å². The molecule has 5 nitrogen and oxygen atoms in total. The van der Waals surface area contributed by atoms with Crippen LogP contribution in [0.15, 0.2) is 40.5 Å². The summed E-state index contributed by atoms with van der Waals surface area (Å²) >= 11 is 1.07. The van der Waals surface area contributed by atoms with Crippen molar-refractivity contribution in [2.45, 2.75) is 12.6 Å². The molecule has 0 spiro atoms. The van der Waals surface area contributed by atoms with Gasteiger partial charge >= 0.3 is 4.87 Å². The molecule has 0 fully saturated rings. The molecule has 0 saturated heterocycles. The minimum absolute atomic E-state index is 0.133. The highest BCUT2D eigenvalue weighted by Crippen LogP contribution is 2.09. The minimum Gasteiger partial charge on any atom is -0.349 e. The van der Waals surface area contributed by atoms with Crippen molar-refractivity contribution < 1.29 is 4.79 Å². The maximum Gasteiger partial charge on any atom is 0.304 e. The van der Waals surface area contributed by atoms with E-state index in [1.165, 1.54) is 0 Å². The van der Waals surface area contributed by atoms with Crippen molar-refractivity contribution >= 4 is 17.2 Å². The highest BCUT2D eigenvalue weighted by molar-refractivity contribution is 7.07. The number of nitrogens with two attached hydrogens (primary N) is 1. The van der Waals surface area contributed by atoms with Crippen LogP contribution >= 0.6 is 11.3 Å². The van der Waals surface area contributed by atoms with Crippen LogP contribution in [0.2, 0.25) is 0 Å². The second-order valence-corrected chi connectivity index (χ2v) is 4.62. The van der Waals surface area contributed by atoms with Crippen molar-refractivity contribution in [1.29, 1.82) is 0 Å². The Morgan fingerprint density at radius 1 is 1.39 bits per heavy atom. The third-order valence-corrected chi connectivity index (χ3v) is 3.18. The van der Waals surface area contributed by atoms with Gasteiger partial charge in [0.15, 0.2) is 0 Å². The molecule has 18 heavy (non-hydrogen) atoms. The molecule has 0 saturated carbocycles. The smallest absolute Gasteiger partial charge is 0.304 e. The van der Waals surface area contributed by atoms with Crippen molar-refractivity contribution in [3.8, 4) is 0 Å². The standard InChI is InChI=1S/C12H13N3O2S/c13-10(8-4-2-1-3-5-8)11(16)14-6-9-7-18-12(17)15-9/h1-5,7,10H,6,13H2,(H,14,16)(H,15,17)/t10-/m0/s1. The van der Waals surface area contributed by atoms with Gasteiger partial charge in [-0.2, -0.15) is 0 Å². The molecular weight excluding hydrogens is 250 g/mol. The largest absolute Gasteiger partial charge is 0.349 e. The Labute approximate surface area is 108 Å². The summed E-state index contributed by atoms with van der Waals surface area (Å²) in [5.41, 5.74) is 7.26. The number of hydrogen-bond donors (Lipinski definition) is 3. The molecular formula is C12H13N3O2S. The molecule has 0 aliphatic rings. The number of aromatic amines is 1. The van der Waals surface area contributed by atoms with Crippen molar-refractivity contribution in [3.05, 3.63) is 56.6 Å². The molecule has 0 bridgehead atoms. The normalized spacial score (nSPS) is 12.1. The number of H-pyrrole nitrogens is 1. The number of carbonyl (C=O) groups excluding carboxylic acids is 1. The van der Waals surface area contributed by atoms with Crippen LogP contribution in [-0.2, 0) is 11.3 Å². The van der Waals surface area contributed by atoms with Crippen LogP contribution in [0.1, 0.15) is 17.3 Å². The fraction of sp³-hybridized carbons (Fsp3) is 0.167.